The van der Waals surface area contributed by atoms with E-state index in [1.54, 1.807) is 0 Å². The van der Waals surface area contributed by atoms with Crippen LogP contribution in [-0.4, -0.2) is 11.9 Å². The number of carbonyl (C=O) groups is 1. The molecule has 0 saturated heterocycles. The van der Waals surface area contributed by atoms with Gasteiger partial charge in [0, 0.05) is 6.04 Å². The first kappa shape index (κ1) is 10.8. The van der Waals surface area contributed by atoms with E-state index >= 15 is 0 Å². The number of carbonyl (C=O) groups excluding carboxylic acids is 1. The molecule has 1 atom stereocenters. The van der Waals surface area contributed by atoms with Crippen LogP contribution in [-0.2, 0) is 11.2 Å². The molecule has 1 N–H and O–H groups in total. The second kappa shape index (κ2) is 4.52. The molecule has 17 heavy (non-hydrogen) atoms. The minimum Gasteiger partial charge on any atom is -0.353 e. The fourth-order valence-electron chi connectivity index (χ4n) is 3.04. The monoisotopic (exact) mass is 229 g/mol. The molecule has 1 fully saturated rings. The average Bonchev–Trinajstić information content (AvgIpc) is 2.32. The number of amides is 1. The van der Waals surface area contributed by atoms with Crippen molar-refractivity contribution in [2.24, 2.45) is 0 Å². The zero-order valence-corrected chi connectivity index (χ0v) is 10.1. The van der Waals surface area contributed by atoms with Crippen molar-refractivity contribution in [2.45, 2.75) is 50.5 Å². The summed E-state index contributed by atoms with van der Waals surface area (Å²) in [4.78, 5) is 12.1. The number of hydrogen-bond acceptors (Lipinski definition) is 1. The Labute approximate surface area is 102 Å². The molecule has 1 amide bonds. The fourth-order valence-corrected chi connectivity index (χ4v) is 3.04. The summed E-state index contributed by atoms with van der Waals surface area (Å²) in [5.41, 5.74) is 2.58. The normalized spacial score (nSPS) is 23.6. The molecule has 1 saturated carbocycles. The first-order valence-corrected chi connectivity index (χ1v) is 6.73. The van der Waals surface area contributed by atoms with Gasteiger partial charge in [-0.15, -0.1) is 0 Å². The number of nitrogens with one attached hydrogen (secondary N) is 1. The molecule has 0 aliphatic heterocycles. The molecule has 90 valence electrons. The highest BCUT2D eigenvalue weighted by Gasteiger charge is 2.32. The molecule has 0 bridgehead atoms. The maximum atomic E-state index is 12.1. The standard InChI is InChI=1S/C15H19NO/c17-15(16-12-7-2-1-3-8-12)14-10-11-6-4-5-9-13(11)14/h4-6,9,12,14H,1-3,7-8,10H2,(H,16,17). The van der Waals surface area contributed by atoms with E-state index in [1.807, 2.05) is 12.1 Å². The van der Waals surface area contributed by atoms with E-state index in [2.05, 4.69) is 17.4 Å². The first-order valence-electron chi connectivity index (χ1n) is 6.73. The Morgan fingerprint density at radius 3 is 2.65 bits per heavy atom. The summed E-state index contributed by atoms with van der Waals surface area (Å²) in [6, 6.07) is 8.72. The molecule has 2 aliphatic rings. The van der Waals surface area contributed by atoms with Gasteiger partial charge in [-0.05, 0) is 30.4 Å². The van der Waals surface area contributed by atoms with Crippen molar-refractivity contribution in [2.75, 3.05) is 0 Å². The van der Waals surface area contributed by atoms with E-state index in [4.69, 9.17) is 0 Å². The van der Waals surface area contributed by atoms with E-state index in [9.17, 15) is 4.79 Å². The third-order valence-electron chi connectivity index (χ3n) is 4.12. The van der Waals surface area contributed by atoms with Crippen LogP contribution >= 0.6 is 0 Å². The van der Waals surface area contributed by atoms with Gasteiger partial charge in [-0.25, -0.2) is 0 Å². The Balaban J connectivity index is 1.61. The van der Waals surface area contributed by atoms with Gasteiger partial charge in [0.05, 0.1) is 5.92 Å². The molecule has 1 aromatic carbocycles. The number of rotatable bonds is 2. The summed E-state index contributed by atoms with van der Waals surface area (Å²) in [5.74, 6) is 0.365. The molecule has 0 aromatic heterocycles. The van der Waals surface area contributed by atoms with Crippen molar-refractivity contribution in [3.8, 4) is 0 Å². The first-order chi connectivity index (χ1) is 8.34. The lowest BCUT2D eigenvalue weighted by molar-refractivity contribution is -0.124. The lowest BCUT2D eigenvalue weighted by Crippen LogP contribution is -2.42. The van der Waals surface area contributed by atoms with Crippen molar-refractivity contribution in [3.63, 3.8) is 0 Å². The Morgan fingerprint density at radius 2 is 1.88 bits per heavy atom. The summed E-state index contributed by atoms with van der Waals surface area (Å²) < 4.78 is 0. The van der Waals surface area contributed by atoms with E-state index in [1.165, 1.54) is 43.2 Å². The largest absolute Gasteiger partial charge is 0.353 e. The third-order valence-corrected chi connectivity index (χ3v) is 4.12. The van der Waals surface area contributed by atoms with E-state index in [-0.39, 0.29) is 11.8 Å². The van der Waals surface area contributed by atoms with Crippen LogP contribution in [0.5, 0.6) is 0 Å². The van der Waals surface area contributed by atoms with Gasteiger partial charge in [0.25, 0.3) is 0 Å². The maximum Gasteiger partial charge on any atom is 0.228 e. The zero-order valence-electron chi connectivity index (χ0n) is 10.1. The van der Waals surface area contributed by atoms with Gasteiger partial charge >= 0.3 is 0 Å². The van der Waals surface area contributed by atoms with Crippen LogP contribution in [0.15, 0.2) is 24.3 Å². The highest BCUT2D eigenvalue weighted by molar-refractivity contribution is 5.87. The summed E-state index contributed by atoms with van der Waals surface area (Å²) in [6.45, 7) is 0. The highest BCUT2D eigenvalue weighted by atomic mass is 16.2. The molecule has 1 aromatic rings. The lowest BCUT2D eigenvalue weighted by atomic mass is 9.77. The van der Waals surface area contributed by atoms with Gasteiger partial charge in [0.15, 0.2) is 0 Å². The minimum atomic E-state index is 0.119. The predicted octanol–water partition coefficient (Wildman–Crippen LogP) is 2.78. The zero-order chi connectivity index (χ0) is 11.7. The lowest BCUT2D eigenvalue weighted by Gasteiger charge is -2.31. The Bertz CT molecular complexity index is 421. The minimum absolute atomic E-state index is 0.119. The Hall–Kier alpha value is -1.31. The van der Waals surface area contributed by atoms with Gasteiger partial charge in [-0.3, -0.25) is 4.79 Å². The molecule has 0 heterocycles. The highest BCUT2D eigenvalue weighted by Crippen LogP contribution is 2.35. The molecule has 1 unspecified atom stereocenters. The van der Waals surface area contributed by atoms with Crippen LogP contribution in [0, 0.1) is 0 Å². The van der Waals surface area contributed by atoms with Crippen LogP contribution in [0.2, 0.25) is 0 Å². The summed E-state index contributed by atoms with van der Waals surface area (Å²) in [5, 5.41) is 3.22. The quantitative estimate of drug-likeness (QED) is 0.830. The molecule has 2 heteroatoms. The van der Waals surface area contributed by atoms with Gasteiger partial charge in [-0.1, -0.05) is 43.5 Å². The summed E-state index contributed by atoms with van der Waals surface area (Å²) in [6.07, 6.45) is 7.13. The second-order valence-electron chi connectivity index (χ2n) is 5.30. The van der Waals surface area contributed by atoms with Crippen LogP contribution in [0.4, 0.5) is 0 Å². The topological polar surface area (TPSA) is 29.1 Å². The van der Waals surface area contributed by atoms with E-state index in [0.29, 0.717) is 6.04 Å². The molecule has 2 aliphatic carbocycles. The summed E-state index contributed by atoms with van der Waals surface area (Å²) >= 11 is 0. The van der Waals surface area contributed by atoms with E-state index in [0.717, 1.165) is 6.42 Å². The SMILES string of the molecule is O=C(NC1CCCCC1)C1Cc2ccccc21. The molecular formula is C15H19NO. The Morgan fingerprint density at radius 1 is 1.12 bits per heavy atom. The fraction of sp³-hybridized carbons (Fsp3) is 0.533. The predicted molar refractivity (Wildman–Crippen MR) is 67.9 cm³/mol. The average molecular weight is 229 g/mol. The van der Waals surface area contributed by atoms with Gasteiger partial charge in [0.1, 0.15) is 0 Å². The second-order valence-corrected chi connectivity index (χ2v) is 5.30. The summed E-state index contributed by atoms with van der Waals surface area (Å²) in [7, 11) is 0. The molecule has 0 spiro atoms. The number of benzene rings is 1. The van der Waals surface area contributed by atoms with Crippen LogP contribution < -0.4 is 5.32 Å². The Kier molecular flexibility index (Phi) is 2.87. The third kappa shape index (κ3) is 2.08. The molecule has 0 radical (unpaired) electrons. The maximum absolute atomic E-state index is 12.1. The van der Waals surface area contributed by atoms with Crippen LogP contribution in [0.25, 0.3) is 0 Å². The van der Waals surface area contributed by atoms with Crippen molar-refractivity contribution in [3.05, 3.63) is 35.4 Å². The smallest absolute Gasteiger partial charge is 0.228 e. The van der Waals surface area contributed by atoms with Gasteiger partial charge in [-0.2, -0.15) is 0 Å². The van der Waals surface area contributed by atoms with Crippen molar-refractivity contribution in [1.29, 1.82) is 0 Å². The number of hydrogen-bond donors (Lipinski definition) is 1. The van der Waals surface area contributed by atoms with E-state index < -0.39 is 0 Å². The van der Waals surface area contributed by atoms with Crippen LogP contribution in [0.3, 0.4) is 0 Å². The molecular weight excluding hydrogens is 210 g/mol. The van der Waals surface area contributed by atoms with Crippen molar-refractivity contribution >= 4 is 5.91 Å². The van der Waals surface area contributed by atoms with Gasteiger partial charge < -0.3 is 5.32 Å². The van der Waals surface area contributed by atoms with Gasteiger partial charge in [0.2, 0.25) is 5.91 Å². The van der Waals surface area contributed by atoms with Crippen molar-refractivity contribution in [1.82, 2.24) is 5.32 Å². The number of fused-ring (bicyclic) bond motifs is 1. The van der Waals surface area contributed by atoms with Crippen LogP contribution in [0.1, 0.15) is 49.1 Å². The molecule has 2 nitrogen and oxygen atoms in total. The van der Waals surface area contributed by atoms with Crippen molar-refractivity contribution < 1.29 is 4.79 Å². The molecule has 3 rings (SSSR count).